The number of fused-ring (bicyclic) bond motifs is 1. The van der Waals surface area contributed by atoms with Crippen LogP contribution >= 0.6 is 0 Å². The van der Waals surface area contributed by atoms with E-state index in [4.69, 9.17) is 0 Å². The summed E-state index contributed by atoms with van der Waals surface area (Å²) in [7, 11) is 4.01. The van der Waals surface area contributed by atoms with Crippen LogP contribution in [-0.4, -0.2) is 47.3 Å². The lowest BCUT2D eigenvalue weighted by atomic mass is 10.0. The molecule has 0 aliphatic rings. The van der Waals surface area contributed by atoms with Gasteiger partial charge < -0.3 is 10.2 Å². The average Bonchev–Trinajstić information content (AvgIpc) is 2.84. The van der Waals surface area contributed by atoms with Gasteiger partial charge in [-0.3, -0.25) is 9.59 Å². The quantitative estimate of drug-likeness (QED) is 0.456. The van der Waals surface area contributed by atoms with Crippen LogP contribution in [-0.2, 0) is 13.0 Å². The molecule has 0 aliphatic carbocycles. The lowest BCUT2D eigenvalue weighted by Crippen LogP contribution is -2.42. The summed E-state index contributed by atoms with van der Waals surface area (Å²) in [5.41, 5.74) is 2.22. The summed E-state index contributed by atoms with van der Waals surface area (Å²) in [6, 6.07) is 27.1. The zero-order valence-electron chi connectivity index (χ0n) is 18.9. The number of likely N-dealkylation sites (N-methyl/N-ethyl adjacent to an activating group) is 1. The second-order valence-corrected chi connectivity index (χ2v) is 8.36. The number of rotatable bonds is 8. The van der Waals surface area contributed by atoms with Crippen LogP contribution in [0.15, 0.2) is 89.7 Å². The van der Waals surface area contributed by atoms with E-state index in [0.29, 0.717) is 23.9 Å². The minimum Gasteiger partial charge on any atom is -0.349 e. The van der Waals surface area contributed by atoms with Crippen LogP contribution in [0.25, 0.3) is 10.8 Å². The SMILES string of the molecule is CN(C)C(CNC(=O)c1nn(Cc2ccccc2)c(=O)c2ccccc12)Cc1ccccc1. The Morgan fingerprint density at radius 3 is 2.09 bits per heavy atom. The number of aromatic nitrogens is 2. The molecule has 1 amide bonds. The molecule has 1 N–H and O–H groups in total. The first kappa shape index (κ1) is 22.4. The topological polar surface area (TPSA) is 67.2 Å². The van der Waals surface area contributed by atoms with Gasteiger partial charge >= 0.3 is 0 Å². The normalized spacial score (nSPS) is 12.1. The summed E-state index contributed by atoms with van der Waals surface area (Å²) >= 11 is 0. The highest BCUT2D eigenvalue weighted by Crippen LogP contribution is 2.14. The molecule has 3 aromatic carbocycles. The van der Waals surface area contributed by atoms with Crippen molar-refractivity contribution in [2.24, 2.45) is 0 Å². The predicted molar refractivity (Wildman–Crippen MR) is 132 cm³/mol. The van der Waals surface area contributed by atoms with Crippen molar-refractivity contribution < 1.29 is 4.79 Å². The molecule has 6 nitrogen and oxygen atoms in total. The maximum atomic E-state index is 13.2. The highest BCUT2D eigenvalue weighted by molar-refractivity contribution is 6.04. The van der Waals surface area contributed by atoms with Crippen LogP contribution in [0.4, 0.5) is 0 Å². The van der Waals surface area contributed by atoms with E-state index in [1.807, 2.05) is 68.7 Å². The fourth-order valence-corrected chi connectivity index (χ4v) is 3.88. The minimum absolute atomic E-state index is 0.123. The van der Waals surface area contributed by atoms with Crippen molar-refractivity contribution in [1.82, 2.24) is 20.0 Å². The zero-order valence-corrected chi connectivity index (χ0v) is 18.9. The minimum atomic E-state index is -0.284. The predicted octanol–water partition coefficient (Wildman–Crippen LogP) is 3.35. The number of hydrogen-bond donors (Lipinski definition) is 1. The molecule has 4 rings (SSSR count). The number of hydrogen-bond acceptors (Lipinski definition) is 4. The first-order valence-corrected chi connectivity index (χ1v) is 11.1. The van der Waals surface area contributed by atoms with E-state index in [1.54, 1.807) is 18.2 Å². The Morgan fingerprint density at radius 2 is 1.45 bits per heavy atom. The van der Waals surface area contributed by atoms with E-state index in [2.05, 4.69) is 27.4 Å². The Hall–Kier alpha value is -3.77. The molecule has 0 spiro atoms. The van der Waals surface area contributed by atoms with Gasteiger partial charge in [-0.05, 0) is 37.7 Å². The number of nitrogens with one attached hydrogen (secondary N) is 1. The van der Waals surface area contributed by atoms with E-state index in [1.165, 1.54) is 10.2 Å². The molecule has 0 bridgehead atoms. The first-order chi connectivity index (χ1) is 16.0. The summed E-state index contributed by atoms with van der Waals surface area (Å²) in [6.07, 6.45) is 0.815. The van der Waals surface area contributed by atoms with Crippen LogP contribution in [0.2, 0.25) is 0 Å². The summed E-state index contributed by atoms with van der Waals surface area (Å²) < 4.78 is 1.37. The molecule has 0 saturated heterocycles. The van der Waals surface area contributed by atoms with E-state index >= 15 is 0 Å². The highest BCUT2D eigenvalue weighted by Gasteiger charge is 2.19. The van der Waals surface area contributed by atoms with Gasteiger partial charge in [0, 0.05) is 18.0 Å². The third-order valence-corrected chi connectivity index (χ3v) is 5.80. The fraction of sp³-hybridized carbons (Fsp3) is 0.222. The van der Waals surface area contributed by atoms with Crippen LogP contribution in [0, 0.1) is 0 Å². The second-order valence-electron chi connectivity index (χ2n) is 8.36. The molecule has 1 atom stereocenters. The van der Waals surface area contributed by atoms with Gasteiger partial charge in [-0.15, -0.1) is 0 Å². The number of carbonyl (C=O) groups excluding carboxylic acids is 1. The maximum absolute atomic E-state index is 13.2. The first-order valence-electron chi connectivity index (χ1n) is 11.1. The fourth-order valence-electron chi connectivity index (χ4n) is 3.88. The molecular formula is C27H28N4O2. The Bertz CT molecular complexity index is 1280. The van der Waals surface area contributed by atoms with E-state index in [9.17, 15) is 9.59 Å². The zero-order chi connectivity index (χ0) is 23.2. The Kier molecular flexibility index (Phi) is 6.95. The van der Waals surface area contributed by atoms with E-state index < -0.39 is 0 Å². The molecule has 0 saturated carbocycles. The molecule has 0 radical (unpaired) electrons. The number of carbonyl (C=O) groups is 1. The second kappa shape index (κ2) is 10.2. The van der Waals surface area contributed by atoms with Gasteiger partial charge in [-0.25, -0.2) is 4.68 Å². The van der Waals surface area contributed by atoms with Crippen LogP contribution in [0.5, 0.6) is 0 Å². The summed E-state index contributed by atoms with van der Waals surface area (Å²) in [5.74, 6) is -0.284. The largest absolute Gasteiger partial charge is 0.349 e. The molecule has 1 unspecified atom stereocenters. The van der Waals surface area contributed by atoms with Gasteiger partial charge in [0.15, 0.2) is 5.69 Å². The lowest BCUT2D eigenvalue weighted by Gasteiger charge is -2.25. The Morgan fingerprint density at radius 1 is 0.879 bits per heavy atom. The molecule has 1 aromatic heterocycles. The van der Waals surface area contributed by atoms with Crippen molar-refractivity contribution in [3.8, 4) is 0 Å². The van der Waals surface area contributed by atoms with Crippen LogP contribution < -0.4 is 10.9 Å². The third-order valence-electron chi connectivity index (χ3n) is 5.80. The van der Waals surface area contributed by atoms with Crippen molar-refractivity contribution >= 4 is 16.7 Å². The van der Waals surface area contributed by atoms with Gasteiger partial charge in [0.1, 0.15) is 0 Å². The van der Waals surface area contributed by atoms with Crippen molar-refractivity contribution in [3.63, 3.8) is 0 Å². The average molecular weight is 441 g/mol. The Labute approximate surface area is 193 Å². The molecule has 0 aliphatic heterocycles. The van der Waals surface area contributed by atoms with Crippen LogP contribution in [0.3, 0.4) is 0 Å². The molecule has 6 heteroatoms. The highest BCUT2D eigenvalue weighted by atomic mass is 16.2. The number of nitrogens with zero attached hydrogens (tertiary/aromatic N) is 3. The van der Waals surface area contributed by atoms with Crippen molar-refractivity contribution in [1.29, 1.82) is 0 Å². The van der Waals surface area contributed by atoms with E-state index in [-0.39, 0.29) is 23.2 Å². The van der Waals surface area contributed by atoms with Gasteiger partial charge in [-0.1, -0.05) is 78.9 Å². The standard InChI is InChI=1S/C27H28N4O2/c1-30(2)22(17-20-11-5-3-6-12-20)18-28-26(32)25-23-15-9-10-16-24(23)27(33)31(29-25)19-21-13-7-4-8-14-21/h3-16,22H,17-19H2,1-2H3,(H,28,32). The molecule has 4 aromatic rings. The third kappa shape index (κ3) is 5.35. The molecule has 0 fully saturated rings. The molecule has 1 heterocycles. The summed E-state index contributed by atoms with van der Waals surface area (Å²) in [5, 5.41) is 8.58. The summed E-state index contributed by atoms with van der Waals surface area (Å²) in [6.45, 7) is 0.771. The van der Waals surface area contributed by atoms with Crippen molar-refractivity contribution in [2.45, 2.75) is 19.0 Å². The van der Waals surface area contributed by atoms with Crippen molar-refractivity contribution in [2.75, 3.05) is 20.6 Å². The Balaban J connectivity index is 1.60. The number of amides is 1. The van der Waals surface area contributed by atoms with Crippen LogP contribution in [0.1, 0.15) is 21.6 Å². The van der Waals surface area contributed by atoms with Gasteiger partial charge in [0.25, 0.3) is 11.5 Å². The van der Waals surface area contributed by atoms with Gasteiger partial charge in [-0.2, -0.15) is 5.10 Å². The summed E-state index contributed by atoms with van der Waals surface area (Å²) in [4.78, 5) is 28.4. The molecule has 33 heavy (non-hydrogen) atoms. The smallest absolute Gasteiger partial charge is 0.274 e. The van der Waals surface area contributed by atoms with E-state index in [0.717, 1.165) is 12.0 Å². The molecule has 168 valence electrons. The maximum Gasteiger partial charge on any atom is 0.274 e. The van der Waals surface area contributed by atoms with Gasteiger partial charge in [0.2, 0.25) is 0 Å². The number of benzene rings is 3. The molecular weight excluding hydrogens is 412 g/mol. The monoisotopic (exact) mass is 440 g/mol. The van der Waals surface area contributed by atoms with Gasteiger partial charge in [0.05, 0.1) is 11.9 Å². The van der Waals surface area contributed by atoms with Crippen molar-refractivity contribution in [3.05, 3.63) is 112 Å². The lowest BCUT2D eigenvalue weighted by molar-refractivity contribution is 0.0936.